The molecule has 0 aromatic heterocycles. The van der Waals surface area contributed by atoms with Gasteiger partial charge in [-0.1, -0.05) is 0 Å². The van der Waals surface area contributed by atoms with Crippen molar-refractivity contribution in [2.45, 2.75) is 42.3 Å². The maximum absolute atomic E-state index is 10.9. The molecule has 0 unspecified atom stereocenters. The summed E-state index contributed by atoms with van der Waals surface area (Å²) < 4.78 is 21.7. The molecule has 94 valence electrons. The maximum atomic E-state index is 10.9. The highest BCUT2D eigenvalue weighted by molar-refractivity contribution is 7.32. The van der Waals surface area contributed by atoms with Crippen molar-refractivity contribution in [2.75, 3.05) is 0 Å². The first-order chi connectivity index (χ1) is 7.08. The molecule has 0 aromatic carbocycles. The van der Waals surface area contributed by atoms with Crippen LogP contribution < -0.4 is 0 Å². The number of aliphatic hydroxyl groups excluding tert-OH is 4. The highest BCUT2D eigenvalue weighted by Gasteiger charge is 2.68. The van der Waals surface area contributed by atoms with Gasteiger partial charge in [0.1, 0.15) is 30.0 Å². The van der Waals surface area contributed by atoms with E-state index in [0.717, 1.165) is 6.92 Å². The summed E-state index contributed by atoms with van der Waals surface area (Å²) in [5.74, 6) is 0. The zero-order chi connectivity index (χ0) is 12.9. The zero-order valence-electron chi connectivity index (χ0n) is 8.26. The van der Waals surface area contributed by atoms with Gasteiger partial charge in [0.05, 0.1) is 0 Å². The molecule has 9 heteroatoms. The fourth-order valence-electron chi connectivity index (χ4n) is 1.75. The Labute approximate surface area is 90.6 Å². The summed E-state index contributed by atoms with van der Waals surface area (Å²) in [5.41, 5.74) is -2.71. The summed E-state index contributed by atoms with van der Waals surface area (Å²) >= 11 is 0. The molecule has 1 aliphatic carbocycles. The molecule has 0 bridgehead atoms. The summed E-state index contributed by atoms with van der Waals surface area (Å²) in [7, 11) is -3.78. The minimum absolute atomic E-state index is 0.737. The Balaban J connectivity index is 3.36. The topological polar surface area (TPSA) is 156 Å². The van der Waals surface area contributed by atoms with Crippen molar-refractivity contribution in [2.24, 2.45) is 0 Å². The van der Waals surface area contributed by atoms with Gasteiger partial charge in [0.2, 0.25) is 5.34 Å². The molecule has 1 fully saturated rings. The Morgan fingerprint density at radius 2 is 1.31 bits per heavy atom. The maximum Gasteiger partial charge on any atom is 0.354 e. The molecule has 0 aromatic rings. The number of hydrogen-bond acceptors (Lipinski definition) is 8. The quantitative estimate of drug-likeness (QED) is 0.272. The van der Waals surface area contributed by atoms with Crippen LogP contribution in [-0.4, -0.2) is 66.0 Å². The molecule has 0 aliphatic heterocycles. The van der Waals surface area contributed by atoms with Gasteiger partial charge in [0.15, 0.2) is 0 Å². The lowest BCUT2D eigenvalue weighted by Crippen LogP contribution is -2.74. The minimum Gasteiger partial charge on any atom is -0.387 e. The van der Waals surface area contributed by atoms with Gasteiger partial charge in [-0.25, -0.2) is 9.13 Å². The van der Waals surface area contributed by atoms with Crippen molar-refractivity contribution in [3.63, 3.8) is 0 Å². The molecular formula is C7H13O8P. The van der Waals surface area contributed by atoms with E-state index in [1.54, 1.807) is 0 Å². The molecule has 6 N–H and O–H groups in total. The van der Waals surface area contributed by atoms with Crippen molar-refractivity contribution < 1.29 is 39.8 Å². The Bertz CT molecular complexity index is 344. The fourth-order valence-corrected chi connectivity index (χ4v) is 2.62. The van der Waals surface area contributed by atoms with Gasteiger partial charge >= 0.3 is 7.68 Å². The van der Waals surface area contributed by atoms with Crippen LogP contribution in [0.15, 0.2) is 0 Å². The molecule has 1 aliphatic rings. The first-order valence-corrected chi connectivity index (χ1v) is 5.57. The second-order valence-corrected chi connectivity index (χ2v) is 5.20. The van der Waals surface area contributed by atoms with Crippen molar-refractivity contribution in [1.29, 1.82) is 0 Å². The minimum atomic E-state index is -3.78. The third-order valence-electron chi connectivity index (χ3n) is 3.01. The molecule has 16 heavy (non-hydrogen) atoms. The summed E-state index contributed by atoms with van der Waals surface area (Å²) in [6, 6.07) is 0. The van der Waals surface area contributed by atoms with Crippen LogP contribution in [0.1, 0.15) is 6.92 Å². The summed E-state index contributed by atoms with van der Waals surface area (Å²) in [6.07, 6.45) is -8.51. The second-order valence-electron chi connectivity index (χ2n) is 4.00. The van der Waals surface area contributed by atoms with Gasteiger partial charge in [-0.15, -0.1) is 0 Å². The molecule has 0 heterocycles. The summed E-state index contributed by atoms with van der Waals surface area (Å²) in [4.78, 5) is 0. The van der Waals surface area contributed by atoms with Crippen LogP contribution in [0, 0.1) is 0 Å². The normalized spacial score (nSPS) is 53.7. The number of hydrogen-bond donors (Lipinski definition) is 6. The van der Waals surface area contributed by atoms with Crippen LogP contribution in [0.4, 0.5) is 0 Å². The van der Waals surface area contributed by atoms with E-state index in [1.807, 2.05) is 0 Å². The molecule has 0 spiro atoms. The van der Waals surface area contributed by atoms with E-state index in [2.05, 4.69) is 0 Å². The smallest absolute Gasteiger partial charge is 0.354 e. The molecule has 1 rings (SSSR count). The predicted molar refractivity (Wildman–Crippen MR) is 47.9 cm³/mol. The zero-order valence-corrected chi connectivity index (χ0v) is 9.15. The lowest BCUT2D eigenvalue weighted by Gasteiger charge is -2.49. The predicted octanol–water partition coefficient (Wildman–Crippen LogP) is -2.94. The molecular weight excluding hydrogens is 243 g/mol. The molecule has 0 amide bonds. The first-order valence-electron chi connectivity index (χ1n) is 4.40. The SMILES string of the molecule is C[C@@]1(O)[C@@H](O)[C@H](O)[C@@H](O)[C@@H](O)[C@@]1(O)P(=O)=O. The van der Waals surface area contributed by atoms with E-state index in [4.69, 9.17) is 0 Å². The first kappa shape index (κ1) is 13.7. The fraction of sp³-hybridized carbons (Fsp3) is 1.00. The van der Waals surface area contributed by atoms with Crippen molar-refractivity contribution in [1.82, 2.24) is 0 Å². The molecule has 8 nitrogen and oxygen atoms in total. The largest absolute Gasteiger partial charge is 0.387 e. The van der Waals surface area contributed by atoms with Crippen molar-refractivity contribution in [3.8, 4) is 0 Å². The van der Waals surface area contributed by atoms with Gasteiger partial charge in [-0.3, -0.25) is 0 Å². The van der Waals surface area contributed by atoms with Crippen LogP contribution in [0.25, 0.3) is 0 Å². The molecule has 1 saturated carbocycles. The lowest BCUT2D eigenvalue weighted by molar-refractivity contribution is -0.277. The second kappa shape index (κ2) is 3.85. The van der Waals surface area contributed by atoms with Crippen molar-refractivity contribution >= 4 is 7.68 Å². The van der Waals surface area contributed by atoms with Gasteiger partial charge in [0, 0.05) is 0 Å². The van der Waals surface area contributed by atoms with E-state index in [9.17, 15) is 39.8 Å². The third-order valence-corrected chi connectivity index (χ3v) is 4.28. The van der Waals surface area contributed by atoms with Gasteiger partial charge in [-0.2, -0.15) is 0 Å². The average Bonchev–Trinajstić information content (AvgIpc) is 2.21. The highest BCUT2D eigenvalue weighted by atomic mass is 31.1. The van der Waals surface area contributed by atoms with Crippen LogP contribution in [-0.2, 0) is 9.13 Å². The Morgan fingerprint density at radius 1 is 0.938 bits per heavy atom. The molecule has 0 radical (unpaired) electrons. The van der Waals surface area contributed by atoms with E-state index < -0.39 is 43.0 Å². The van der Waals surface area contributed by atoms with Gasteiger partial charge in [0.25, 0.3) is 0 Å². The summed E-state index contributed by atoms with van der Waals surface area (Å²) in [6.45, 7) is 0.737. The molecule has 6 atom stereocenters. The summed E-state index contributed by atoms with van der Waals surface area (Å²) in [5, 5.41) is 53.4. The number of rotatable bonds is 1. The van der Waals surface area contributed by atoms with Crippen LogP contribution >= 0.6 is 7.68 Å². The Kier molecular flexibility index (Phi) is 3.30. The Hall–Kier alpha value is -0.340. The van der Waals surface area contributed by atoms with Crippen molar-refractivity contribution in [3.05, 3.63) is 0 Å². The highest BCUT2D eigenvalue weighted by Crippen LogP contribution is 2.47. The number of aliphatic hydroxyl groups is 6. The molecule has 0 saturated heterocycles. The lowest BCUT2D eigenvalue weighted by atomic mass is 9.75. The van der Waals surface area contributed by atoms with E-state index in [0.29, 0.717) is 0 Å². The van der Waals surface area contributed by atoms with Crippen LogP contribution in [0.3, 0.4) is 0 Å². The monoisotopic (exact) mass is 256 g/mol. The van der Waals surface area contributed by atoms with Gasteiger partial charge in [-0.05, 0) is 6.92 Å². The third kappa shape index (κ3) is 1.46. The van der Waals surface area contributed by atoms with E-state index in [1.165, 1.54) is 0 Å². The Morgan fingerprint density at radius 3 is 1.69 bits per heavy atom. The standard InChI is InChI=1S/C7H13O8P/c1-6(12)4(10)2(8)3(9)5(11)7(6,13)16(14)15/h2-5,8-13H,1H3/t2-,3-,4+,5-,6-,7-/m1/s1. The van der Waals surface area contributed by atoms with E-state index >= 15 is 0 Å². The van der Waals surface area contributed by atoms with Crippen LogP contribution in [0.2, 0.25) is 0 Å². The van der Waals surface area contributed by atoms with Crippen LogP contribution in [0.5, 0.6) is 0 Å². The van der Waals surface area contributed by atoms with Gasteiger partial charge < -0.3 is 30.6 Å². The van der Waals surface area contributed by atoms with E-state index in [-0.39, 0.29) is 0 Å². The average molecular weight is 256 g/mol.